The quantitative estimate of drug-likeness (QED) is 0.654. The first kappa shape index (κ1) is 19.4. The summed E-state index contributed by atoms with van der Waals surface area (Å²) in [4.78, 5) is 25.1. The molecule has 1 saturated carbocycles. The highest BCUT2D eigenvalue weighted by atomic mass is 16.5. The Balaban J connectivity index is 1.45. The first-order valence-electron chi connectivity index (χ1n) is 10.4. The van der Waals surface area contributed by atoms with Crippen molar-refractivity contribution >= 4 is 17.5 Å². The summed E-state index contributed by atoms with van der Waals surface area (Å²) < 4.78 is 11.2. The van der Waals surface area contributed by atoms with Crippen molar-refractivity contribution in [1.82, 2.24) is 5.32 Å². The highest BCUT2D eigenvalue weighted by Gasteiger charge is 2.52. The number of anilines is 1. The van der Waals surface area contributed by atoms with Crippen LogP contribution in [0.15, 0.2) is 59.2 Å². The number of ether oxygens (including phenoxy) is 1. The first-order chi connectivity index (χ1) is 15.0. The standard InChI is InChI=1S/C25H24N2O4/c1-15-5-7-18(16(2)12-15)23(20-4-3-11-30-20)27-24(29)25(9-10-25)17-6-8-19-21(13-17)31-14-22(28)26-19/h3-8,11-13,23H,9-10,14H2,1-2H3,(H,26,28)(H,27,29). The van der Waals surface area contributed by atoms with Crippen molar-refractivity contribution in [2.45, 2.75) is 38.1 Å². The van der Waals surface area contributed by atoms with Gasteiger partial charge in [-0.05, 0) is 67.6 Å². The molecule has 1 fully saturated rings. The van der Waals surface area contributed by atoms with E-state index in [1.54, 1.807) is 6.26 Å². The summed E-state index contributed by atoms with van der Waals surface area (Å²) in [5, 5.41) is 6.04. The highest BCUT2D eigenvalue weighted by Crippen LogP contribution is 2.50. The minimum absolute atomic E-state index is 0.0110. The molecule has 2 heterocycles. The molecule has 1 aromatic heterocycles. The van der Waals surface area contributed by atoms with Gasteiger partial charge >= 0.3 is 0 Å². The molecule has 0 saturated heterocycles. The molecule has 5 rings (SSSR count). The molecule has 3 aromatic rings. The first-order valence-corrected chi connectivity index (χ1v) is 10.4. The number of benzene rings is 2. The summed E-state index contributed by atoms with van der Waals surface area (Å²) in [5.41, 5.74) is 4.23. The van der Waals surface area contributed by atoms with E-state index in [-0.39, 0.29) is 24.5 Å². The molecule has 31 heavy (non-hydrogen) atoms. The number of hydrogen-bond donors (Lipinski definition) is 2. The normalized spacial score (nSPS) is 17.2. The fraction of sp³-hybridized carbons (Fsp3) is 0.280. The lowest BCUT2D eigenvalue weighted by Crippen LogP contribution is -2.38. The van der Waals surface area contributed by atoms with Crippen molar-refractivity contribution in [2.75, 3.05) is 11.9 Å². The summed E-state index contributed by atoms with van der Waals surface area (Å²) in [5.74, 6) is 1.10. The summed E-state index contributed by atoms with van der Waals surface area (Å²) in [6, 6.07) is 15.1. The largest absolute Gasteiger partial charge is 0.482 e. The van der Waals surface area contributed by atoms with E-state index in [9.17, 15) is 9.59 Å². The van der Waals surface area contributed by atoms with Crippen LogP contribution in [-0.2, 0) is 15.0 Å². The number of nitrogens with one attached hydrogen (secondary N) is 2. The van der Waals surface area contributed by atoms with Crippen LogP contribution in [0.1, 0.15) is 46.9 Å². The molecule has 2 amide bonds. The maximum Gasteiger partial charge on any atom is 0.262 e. The second kappa shape index (κ2) is 7.30. The molecule has 1 unspecified atom stereocenters. The maximum atomic E-state index is 13.5. The number of hydrogen-bond acceptors (Lipinski definition) is 4. The van der Waals surface area contributed by atoms with Crippen molar-refractivity contribution in [1.29, 1.82) is 0 Å². The van der Waals surface area contributed by atoms with Gasteiger partial charge in [-0.25, -0.2) is 0 Å². The lowest BCUT2D eigenvalue weighted by molar-refractivity contribution is -0.124. The molecule has 1 atom stereocenters. The van der Waals surface area contributed by atoms with Crippen LogP contribution in [0.5, 0.6) is 5.75 Å². The lowest BCUT2D eigenvalue weighted by Gasteiger charge is -2.25. The summed E-state index contributed by atoms with van der Waals surface area (Å²) in [7, 11) is 0. The number of rotatable bonds is 5. The Labute approximate surface area is 180 Å². The Morgan fingerprint density at radius 1 is 1.13 bits per heavy atom. The molecule has 1 aliphatic carbocycles. The molecule has 0 radical (unpaired) electrons. The Morgan fingerprint density at radius 3 is 2.68 bits per heavy atom. The number of carbonyl (C=O) groups is 2. The number of amides is 2. The fourth-order valence-corrected chi connectivity index (χ4v) is 4.32. The minimum Gasteiger partial charge on any atom is -0.482 e. The SMILES string of the molecule is Cc1ccc(C(NC(=O)C2(c3ccc4c(c3)OCC(=O)N4)CC2)c2ccco2)c(C)c1. The molecule has 0 bridgehead atoms. The van der Waals surface area contributed by atoms with Gasteiger partial charge < -0.3 is 19.8 Å². The highest BCUT2D eigenvalue weighted by molar-refractivity contribution is 5.96. The second-order valence-electron chi connectivity index (χ2n) is 8.41. The van der Waals surface area contributed by atoms with Gasteiger partial charge in [0, 0.05) is 0 Å². The smallest absolute Gasteiger partial charge is 0.262 e. The van der Waals surface area contributed by atoms with Crippen molar-refractivity contribution in [3.63, 3.8) is 0 Å². The number of furan rings is 1. The fourth-order valence-electron chi connectivity index (χ4n) is 4.32. The molecule has 158 valence electrons. The van der Waals surface area contributed by atoms with Gasteiger partial charge in [0.1, 0.15) is 17.6 Å². The molecule has 2 N–H and O–H groups in total. The van der Waals surface area contributed by atoms with Gasteiger partial charge in [-0.2, -0.15) is 0 Å². The zero-order valence-corrected chi connectivity index (χ0v) is 17.5. The van der Waals surface area contributed by atoms with Gasteiger partial charge in [-0.15, -0.1) is 0 Å². The molecule has 1 aliphatic heterocycles. The molecule has 2 aromatic carbocycles. The molecule has 6 heteroatoms. The Hall–Kier alpha value is -3.54. The molecular formula is C25H24N2O4. The van der Waals surface area contributed by atoms with E-state index in [4.69, 9.17) is 9.15 Å². The topological polar surface area (TPSA) is 80.6 Å². The van der Waals surface area contributed by atoms with Crippen LogP contribution in [0.2, 0.25) is 0 Å². The van der Waals surface area contributed by atoms with Crippen LogP contribution < -0.4 is 15.4 Å². The monoisotopic (exact) mass is 416 g/mol. The van der Waals surface area contributed by atoms with Gasteiger partial charge in [0.25, 0.3) is 5.91 Å². The molecule has 6 nitrogen and oxygen atoms in total. The Kier molecular flexibility index (Phi) is 4.58. The van der Waals surface area contributed by atoms with Gasteiger partial charge in [-0.3, -0.25) is 9.59 Å². The Morgan fingerprint density at radius 2 is 1.97 bits per heavy atom. The zero-order valence-electron chi connectivity index (χ0n) is 17.5. The van der Waals surface area contributed by atoms with Crippen LogP contribution in [0, 0.1) is 13.8 Å². The summed E-state index contributed by atoms with van der Waals surface area (Å²) in [6.07, 6.45) is 3.16. The van der Waals surface area contributed by atoms with Gasteiger partial charge in [0.2, 0.25) is 5.91 Å². The van der Waals surface area contributed by atoms with Crippen LogP contribution >= 0.6 is 0 Å². The third kappa shape index (κ3) is 3.48. The number of carbonyl (C=O) groups excluding carboxylic acids is 2. The molecular weight excluding hydrogens is 392 g/mol. The third-order valence-electron chi connectivity index (χ3n) is 6.19. The summed E-state index contributed by atoms with van der Waals surface area (Å²) in [6.45, 7) is 4.09. The van der Waals surface area contributed by atoms with Crippen molar-refractivity contribution in [2.24, 2.45) is 0 Å². The summed E-state index contributed by atoms with van der Waals surface area (Å²) >= 11 is 0. The van der Waals surface area contributed by atoms with E-state index in [1.807, 2.05) is 49.4 Å². The van der Waals surface area contributed by atoms with Gasteiger partial charge in [0.05, 0.1) is 17.4 Å². The van der Waals surface area contributed by atoms with E-state index in [0.29, 0.717) is 17.2 Å². The van der Waals surface area contributed by atoms with Crippen molar-refractivity contribution in [3.8, 4) is 5.75 Å². The average Bonchev–Trinajstić information content (AvgIpc) is 3.39. The van der Waals surface area contributed by atoms with Crippen molar-refractivity contribution in [3.05, 3.63) is 82.8 Å². The van der Waals surface area contributed by atoms with Crippen LogP contribution in [0.4, 0.5) is 5.69 Å². The third-order valence-corrected chi connectivity index (χ3v) is 6.19. The van der Waals surface area contributed by atoms with E-state index in [0.717, 1.165) is 29.5 Å². The minimum atomic E-state index is -0.594. The predicted octanol–water partition coefficient (Wildman–Crippen LogP) is 4.16. The van der Waals surface area contributed by atoms with Crippen LogP contribution in [0.25, 0.3) is 0 Å². The number of fused-ring (bicyclic) bond motifs is 1. The van der Waals surface area contributed by atoms with Crippen LogP contribution in [0.3, 0.4) is 0 Å². The average molecular weight is 416 g/mol. The molecule has 0 spiro atoms. The predicted molar refractivity (Wildman–Crippen MR) is 116 cm³/mol. The Bertz CT molecular complexity index is 1160. The molecule has 2 aliphatic rings. The van der Waals surface area contributed by atoms with Crippen molar-refractivity contribution < 1.29 is 18.7 Å². The van der Waals surface area contributed by atoms with E-state index >= 15 is 0 Å². The zero-order chi connectivity index (χ0) is 21.6. The maximum absolute atomic E-state index is 13.5. The van der Waals surface area contributed by atoms with Crippen LogP contribution in [-0.4, -0.2) is 18.4 Å². The van der Waals surface area contributed by atoms with Gasteiger partial charge in [-0.1, -0.05) is 29.8 Å². The van der Waals surface area contributed by atoms with E-state index in [2.05, 4.69) is 23.6 Å². The second-order valence-corrected chi connectivity index (χ2v) is 8.41. The lowest BCUT2D eigenvalue weighted by atomic mass is 9.92. The van der Waals surface area contributed by atoms with E-state index < -0.39 is 5.41 Å². The van der Waals surface area contributed by atoms with E-state index in [1.165, 1.54) is 5.56 Å². The number of aryl methyl sites for hydroxylation is 2. The van der Waals surface area contributed by atoms with Gasteiger partial charge in [0.15, 0.2) is 6.61 Å².